The molecule has 1 atom stereocenters. The zero-order valence-corrected chi connectivity index (χ0v) is 8.56. The molecule has 1 aliphatic heterocycles. The van der Waals surface area contributed by atoms with Crippen LogP contribution in [-0.2, 0) is 0 Å². The van der Waals surface area contributed by atoms with Crippen molar-refractivity contribution in [1.82, 2.24) is 5.32 Å². The van der Waals surface area contributed by atoms with Crippen LogP contribution in [0.4, 0.5) is 0 Å². The summed E-state index contributed by atoms with van der Waals surface area (Å²) in [6.45, 7) is 2.31. The molecule has 1 fully saturated rings. The standard InChI is InChI=1S/C11H15NS/c13-11-5-3-9(4-6-11)10-2-1-7-12-8-10/h3-6,10,12-13H,1-2,7-8H2. The van der Waals surface area contributed by atoms with Crippen LogP contribution in [0.25, 0.3) is 0 Å². The Bertz CT molecular complexity index is 262. The van der Waals surface area contributed by atoms with Crippen molar-refractivity contribution in [1.29, 1.82) is 0 Å². The predicted molar refractivity (Wildman–Crippen MR) is 58.5 cm³/mol. The summed E-state index contributed by atoms with van der Waals surface area (Å²) in [5.74, 6) is 0.711. The Morgan fingerprint density at radius 3 is 2.62 bits per heavy atom. The Kier molecular flexibility index (Phi) is 2.91. The Labute approximate surface area is 85.0 Å². The van der Waals surface area contributed by atoms with Crippen LogP contribution in [0.2, 0.25) is 0 Å². The maximum absolute atomic E-state index is 4.28. The van der Waals surface area contributed by atoms with Gasteiger partial charge in [-0.15, -0.1) is 12.6 Å². The van der Waals surface area contributed by atoms with Gasteiger partial charge in [0.2, 0.25) is 0 Å². The number of benzene rings is 1. The maximum atomic E-state index is 4.28. The first kappa shape index (κ1) is 9.10. The van der Waals surface area contributed by atoms with E-state index in [1.165, 1.54) is 24.9 Å². The molecule has 2 heteroatoms. The third-order valence-electron chi connectivity index (χ3n) is 2.66. The van der Waals surface area contributed by atoms with Gasteiger partial charge in [-0.3, -0.25) is 0 Å². The van der Waals surface area contributed by atoms with E-state index in [9.17, 15) is 0 Å². The summed E-state index contributed by atoms with van der Waals surface area (Å²) < 4.78 is 0. The molecule has 70 valence electrons. The zero-order valence-electron chi connectivity index (χ0n) is 7.66. The average Bonchev–Trinajstić information content (AvgIpc) is 2.20. The van der Waals surface area contributed by atoms with Crippen LogP contribution in [0, 0.1) is 0 Å². The van der Waals surface area contributed by atoms with Crippen molar-refractivity contribution in [2.45, 2.75) is 23.7 Å². The minimum atomic E-state index is 0.711. The van der Waals surface area contributed by atoms with E-state index in [1.54, 1.807) is 0 Å². The molecule has 13 heavy (non-hydrogen) atoms. The van der Waals surface area contributed by atoms with E-state index in [1.807, 2.05) is 0 Å². The summed E-state index contributed by atoms with van der Waals surface area (Å²) in [5.41, 5.74) is 1.45. The Morgan fingerprint density at radius 2 is 2.00 bits per heavy atom. The first-order valence-electron chi connectivity index (χ1n) is 4.86. The molecule has 0 amide bonds. The smallest absolute Gasteiger partial charge is 0.00401 e. The van der Waals surface area contributed by atoms with Gasteiger partial charge in [-0.2, -0.15) is 0 Å². The van der Waals surface area contributed by atoms with Crippen LogP contribution in [-0.4, -0.2) is 13.1 Å². The molecular formula is C11H15NS. The fraction of sp³-hybridized carbons (Fsp3) is 0.455. The molecule has 2 rings (SSSR count). The molecule has 0 aliphatic carbocycles. The SMILES string of the molecule is Sc1ccc(C2CCCNC2)cc1. The first-order chi connectivity index (χ1) is 6.36. The summed E-state index contributed by atoms with van der Waals surface area (Å²) in [4.78, 5) is 1.05. The fourth-order valence-electron chi connectivity index (χ4n) is 1.88. The Hall–Kier alpha value is -0.470. The van der Waals surface area contributed by atoms with Gasteiger partial charge in [0.1, 0.15) is 0 Å². The molecule has 1 unspecified atom stereocenters. The molecule has 1 heterocycles. The van der Waals surface area contributed by atoms with Gasteiger partial charge in [-0.25, -0.2) is 0 Å². The number of hydrogen-bond acceptors (Lipinski definition) is 2. The highest BCUT2D eigenvalue weighted by atomic mass is 32.1. The first-order valence-corrected chi connectivity index (χ1v) is 5.30. The van der Waals surface area contributed by atoms with E-state index in [-0.39, 0.29) is 0 Å². The number of nitrogens with one attached hydrogen (secondary N) is 1. The monoisotopic (exact) mass is 193 g/mol. The highest BCUT2D eigenvalue weighted by Gasteiger charge is 2.14. The predicted octanol–water partition coefficient (Wildman–Crippen LogP) is 2.44. The summed E-state index contributed by atoms with van der Waals surface area (Å²) in [5, 5.41) is 3.43. The van der Waals surface area contributed by atoms with Crippen molar-refractivity contribution in [2.75, 3.05) is 13.1 Å². The molecule has 1 saturated heterocycles. The lowest BCUT2D eigenvalue weighted by Crippen LogP contribution is -2.28. The van der Waals surface area contributed by atoms with E-state index < -0.39 is 0 Å². The van der Waals surface area contributed by atoms with E-state index in [0.29, 0.717) is 5.92 Å². The number of piperidine rings is 1. The van der Waals surface area contributed by atoms with Gasteiger partial charge in [-0.1, -0.05) is 12.1 Å². The van der Waals surface area contributed by atoms with Gasteiger partial charge in [0.05, 0.1) is 0 Å². The lowest BCUT2D eigenvalue weighted by molar-refractivity contribution is 0.461. The van der Waals surface area contributed by atoms with Crippen LogP contribution in [0.15, 0.2) is 29.2 Å². The lowest BCUT2D eigenvalue weighted by atomic mass is 9.92. The van der Waals surface area contributed by atoms with Crippen molar-refractivity contribution in [2.24, 2.45) is 0 Å². The van der Waals surface area contributed by atoms with Crippen LogP contribution in [0.5, 0.6) is 0 Å². The lowest BCUT2D eigenvalue weighted by Gasteiger charge is -2.23. The second-order valence-electron chi connectivity index (χ2n) is 3.63. The molecule has 1 nitrogen and oxygen atoms in total. The molecule has 1 N–H and O–H groups in total. The van der Waals surface area contributed by atoms with Crippen molar-refractivity contribution >= 4 is 12.6 Å². The van der Waals surface area contributed by atoms with Gasteiger partial charge >= 0.3 is 0 Å². The third kappa shape index (κ3) is 2.26. The van der Waals surface area contributed by atoms with Crippen molar-refractivity contribution < 1.29 is 0 Å². The van der Waals surface area contributed by atoms with Gasteiger partial charge in [0, 0.05) is 11.4 Å². The molecule has 0 saturated carbocycles. The second kappa shape index (κ2) is 4.16. The molecule has 1 aromatic carbocycles. The van der Waals surface area contributed by atoms with Crippen molar-refractivity contribution in [3.8, 4) is 0 Å². The van der Waals surface area contributed by atoms with E-state index in [4.69, 9.17) is 0 Å². The van der Waals surface area contributed by atoms with Crippen LogP contribution < -0.4 is 5.32 Å². The molecule has 0 radical (unpaired) electrons. The summed E-state index contributed by atoms with van der Waals surface area (Å²) in [6.07, 6.45) is 2.62. The van der Waals surface area contributed by atoms with Crippen molar-refractivity contribution in [3.05, 3.63) is 29.8 Å². The van der Waals surface area contributed by atoms with Gasteiger partial charge in [0.15, 0.2) is 0 Å². The highest BCUT2D eigenvalue weighted by Crippen LogP contribution is 2.23. The molecule has 0 aromatic heterocycles. The molecule has 1 aromatic rings. The van der Waals surface area contributed by atoms with Crippen LogP contribution in [0.1, 0.15) is 24.3 Å². The Balaban J connectivity index is 2.10. The van der Waals surface area contributed by atoms with E-state index in [0.717, 1.165) is 11.4 Å². The van der Waals surface area contributed by atoms with Crippen LogP contribution in [0.3, 0.4) is 0 Å². The zero-order chi connectivity index (χ0) is 9.10. The summed E-state index contributed by atoms with van der Waals surface area (Å²) in [7, 11) is 0. The molecule has 1 aliphatic rings. The fourth-order valence-corrected chi connectivity index (χ4v) is 2.03. The van der Waals surface area contributed by atoms with Crippen LogP contribution >= 0.6 is 12.6 Å². The number of hydrogen-bond donors (Lipinski definition) is 2. The highest BCUT2D eigenvalue weighted by molar-refractivity contribution is 7.80. The Morgan fingerprint density at radius 1 is 1.23 bits per heavy atom. The van der Waals surface area contributed by atoms with Gasteiger partial charge in [-0.05, 0) is 43.0 Å². The number of thiol groups is 1. The third-order valence-corrected chi connectivity index (χ3v) is 2.96. The average molecular weight is 193 g/mol. The topological polar surface area (TPSA) is 12.0 Å². The largest absolute Gasteiger partial charge is 0.316 e. The minimum Gasteiger partial charge on any atom is -0.316 e. The van der Waals surface area contributed by atoms with Crippen molar-refractivity contribution in [3.63, 3.8) is 0 Å². The molecule has 0 spiro atoms. The van der Waals surface area contributed by atoms with E-state index in [2.05, 4.69) is 42.2 Å². The summed E-state index contributed by atoms with van der Waals surface area (Å²) >= 11 is 4.28. The number of rotatable bonds is 1. The quantitative estimate of drug-likeness (QED) is 0.653. The molecule has 0 bridgehead atoms. The minimum absolute atomic E-state index is 0.711. The second-order valence-corrected chi connectivity index (χ2v) is 4.15. The maximum Gasteiger partial charge on any atom is 0.00401 e. The van der Waals surface area contributed by atoms with Gasteiger partial charge in [0.25, 0.3) is 0 Å². The summed E-state index contributed by atoms with van der Waals surface area (Å²) in [6, 6.07) is 8.54. The van der Waals surface area contributed by atoms with Gasteiger partial charge < -0.3 is 5.32 Å². The molecular weight excluding hydrogens is 178 g/mol. The van der Waals surface area contributed by atoms with E-state index >= 15 is 0 Å². The normalized spacial score (nSPS) is 23.0.